The van der Waals surface area contributed by atoms with Crippen molar-refractivity contribution in [2.45, 2.75) is 26.2 Å². The average Bonchev–Trinajstić information content (AvgIpc) is 2.63. The van der Waals surface area contributed by atoms with Crippen LogP contribution in [0.15, 0.2) is 24.4 Å². The van der Waals surface area contributed by atoms with Gasteiger partial charge in [0.1, 0.15) is 0 Å². The first-order chi connectivity index (χ1) is 7.88. The number of aryl methyl sites for hydroxylation is 1. The molecule has 0 aliphatic rings. The summed E-state index contributed by atoms with van der Waals surface area (Å²) in [4.78, 5) is 0. The SMILES string of the molecule is Cn1ccc(-c2[c-]cc(F)cc2C(C)(C)C)n1.[Ir]. The van der Waals surface area contributed by atoms with Gasteiger partial charge in [0.05, 0.1) is 0 Å². The molecule has 1 radical (unpaired) electrons. The van der Waals surface area contributed by atoms with Crippen LogP contribution in [0.2, 0.25) is 0 Å². The summed E-state index contributed by atoms with van der Waals surface area (Å²) in [5.41, 5.74) is 2.50. The van der Waals surface area contributed by atoms with Gasteiger partial charge >= 0.3 is 0 Å². The van der Waals surface area contributed by atoms with Crippen molar-refractivity contribution in [3.63, 3.8) is 0 Å². The molecule has 0 fully saturated rings. The molecule has 4 heteroatoms. The van der Waals surface area contributed by atoms with E-state index in [0.29, 0.717) is 0 Å². The maximum Gasteiger partial charge on any atom is 0.0382 e. The van der Waals surface area contributed by atoms with Crippen LogP contribution in [0.5, 0.6) is 0 Å². The molecule has 0 saturated carbocycles. The second-order valence-electron chi connectivity index (χ2n) is 5.23. The number of hydrogen-bond donors (Lipinski definition) is 0. The van der Waals surface area contributed by atoms with Gasteiger partial charge in [-0.25, -0.2) is 5.10 Å². The van der Waals surface area contributed by atoms with Crippen molar-refractivity contribution >= 4 is 0 Å². The topological polar surface area (TPSA) is 17.8 Å². The van der Waals surface area contributed by atoms with Crippen molar-refractivity contribution in [1.29, 1.82) is 0 Å². The van der Waals surface area contributed by atoms with E-state index in [1.165, 1.54) is 6.07 Å². The summed E-state index contributed by atoms with van der Waals surface area (Å²) in [6.07, 6.45) is 1.87. The Balaban J connectivity index is 0.00000162. The minimum atomic E-state index is -0.255. The molecule has 1 aromatic heterocycles. The fraction of sp³-hybridized carbons (Fsp3) is 0.357. The summed E-state index contributed by atoms with van der Waals surface area (Å²) in [5, 5.41) is 4.35. The van der Waals surface area contributed by atoms with E-state index >= 15 is 0 Å². The van der Waals surface area contributed by atoms with E-state index in [2.05, 4.69) is 31.9 Å². The van der Waals surface area contributed by atoms with Crippen LogP contribution in [0, 0.1) is 11.9 Å². The van der Waals surface area contributed by atoms with Crippen LogP contribution < -0.4 is 0 Å². The predicted octanol–water partition coefficient (Wildman–Crippen LogP) is 3.32. The van der Waals surface area contributed by atoms with Crippen molar-refractivity contribution in [2.24, 2.45) is 7.05 Å². The molecule has 0 unspecified atom stereocenters. The third kappa shape index (κ3) is 3.06. The molecule has 2 rings (SSSR count). The van der Waals surface area contributed by atoms with Crippen LogP contribution >= 0.6 is 0 Å². The van der Waals surface area contributed by atoms with Gasteiger partial charge in [-0.1, -0.05) is 26.8 Å². The van der Waals surface area contributed by atoms with Gasteiger partial charge in [0.25, 0.3) is 0 Å². The third-order valence-electron chi connectivity index (χ3n) is 2.68. The molecule has 0 N–H and O–H groups in total. The van der Waals surface area contributed by atoms with Crippen LogP contribution in [-0.2, 0) is 32.6 Å². The molecule has 0 aliphatic carbocycles. The van der Waals surface area contributed by atoms with Crippen molar-refractivity contribution in [2.75, 3.05) is 0 Å². The van der Waals surface area contributed by atoms with Crippen molar-refractivity contribution in [3.05, 3.63) is 41.8 Å². The molecular weight excluding hydrogens is 407 g/mol. The molecule has 0 spiro atoms. The molecule has 99 valence electrons. The van der Waals surface area contributed by atoms with Gasteiger partial charge < -0.3 is 0 Å². The summed E-state index contributed by atoms with van der Waals surface area (Å²) in [6.45, 7) is 6.17. The summed E-state index contributed by atoms with van der Waals surface area (Å²) >= 11 is 0. The van der Waals surface area contributed by atoms with Gasteiger partial charge in [-0.3, -0.25) is 9.07 Å². The zero-order valence-electron chi connectivity index (χ0n) is 10.9. The number of nitrogens with zero attached hydrogens (tertiary/aromatic N) is 2. The van der Waals surface area contributed by atoms with Crippen molar-refractivity contribution in [3.8, 4) is 11.3 Å². The van der Waals surface area contributed by atoms with E-state index in [1.807, 2.05) is 19.3 Å². The van der Waals surface area contributed by atoms with E-state index in [4.69, 9.17) is 0 Å². The first-order valence-electron chi connectivity index (χ1n) is 5.59. The Morgan fingerprint density at radius 2 is 2.00 bits per heavy atom. The van der Waals surface area contributed by atoms with Crippen LogP contribution in [0.4, 0.5) is 4.39 Å². The van der Waals surface area contributed by atoms with Crippen LogP contribution in [0.1, 0.15) is 26.3 Å². The Labute approximate surface area is 121 Å². The zero-order valence-corrected chi connectivity index (χ0v) is 13.3. The number of halogens is 1. The predicted molar refractivity (Wildman–Crippen MR) is 66.1 cm³/mol. The van der Waals surface area contributed by atoms with Crippen LogP contribution in [0.3, 0.4) is 0 Å². The van der Waals surface area contributed by atoms with Crippen LogP contribution in [-0.4, -0.2) is 9.78 Å². The molecule has 1 aromatic carbocycles. The van der Waals surface area contributed by atoms with E-state index in [9.17, 15) is 4.39 Å². The summed E-state index contributed by atoms with van der Waals surface area (Å²) in [7, 11) is 1.86. The molecule has 0 bridgehead atoms. The fourth-order valence-corrected chi connectivity index (χ4v) is 1.82. The van der Waals surface area contributed by atoms with Gasteiger partial charge in [0.2, 0.25) is 0 Å². The average molecular weight is 424 g/mol. The van der Waals surface area contributed by atoms with E-state index in [-0.39, 0.29) is 31.3 Å². The summed E-state index contributed by atoms with van der Waals surface area (Å²) in [6, 6.07) is 7.84. The number of aromatic nitrogens is 2. The summed E-state index contributed by atoms with van der Waals surface area (Å²) in [5.74, 6) is -0.255. The Morgan fingerprint density at radius 3 is 2.50 bits per heavy atom. The van der Waals surface area contributed by atoms with Gasteiger partial charge in [-0.05, 0) is 5.41 Å². The minimum absolute atomic E-state index is 0. The monoisotopic (exact) mass is 424 g/mol. The number of rotatable bonds is 1. The molecule has 0 atom stereocenters. The van der Waals surface area contributed by atoms with Gasteiger partial charge in [-0.15, -0.1) is 29.3 Å². The van der Waals surface area contributed by atoms with Gasteiger partial charge in [0.15, 0.2) is 0 Å². The molecule has 0 saturated heterocycles. The molecule has 0 amide bonds. The normalized spacial score (nSPS) is 11.2. The molecule has 2 nitrogen and oxygen atoms in total. The fourth-order valence-electron chi connectivity index (χ4n) is 1.82. The Bertz CT molecular complexity index is 541. The van der Waals surface area contributed by atoms with Crippen molar-refractivity contribution in [1.82, 2.24) is 9.78 Å². The first-order valence-corrected chi connectivity index (χ1v) is 5.59. The second kappa shape index (κ2) is 5.33. The minimum Gasteiger partial charge on any atom is -0.285 e. The van der Waals surface area contributed by atoms with Crippen LogP contribution in [0.25, 0.3) is 11.3 Å². The Kier molecular flexibility index (Phi) is 4.46. The second-order valence-corrected chi connectivity index (χ2v) is 5.23. The number of benzene rings is 1. The van der Waals surface area contributed by atoms with Crippen molar-refractivity contribution < 1.29 is 24.5 Å². The van der Waals surface area contributed by atoms with E-state index < -0.39 is 0 Å². The molecular formula is C14H16FIrN2-. The van der Waals surface area contributed by atoms with Gasteiger partial charge in [-0.2, -0.15) is 0 Å². The molecule has 2 aromatic rings. The molecule has 1 heterocycles. The maximum absolute atomic E-state index is 13.3. The first kappa shape index (κ1) is 15.1. The number of hydrogen-bond acceptors (Lipinski definition) is 1. The largest absolute Gasteiger partial charge is 0.285 e. The quantitative estimate of drug-likeness (QED) is 0.644. The Hall–Kier alpha value is -0.991. The Morgan fingerprint density at radius 1 is 1.33 bits per heavy atom. The zero-order chi connectivity index (χ0) is 12.6. The van der Waals surface area contributed by atoms with Gasteiger partial charge in [0, 0.05) is 44.9 Å². The molecule has 0 aliphatic heterocycles. The van der Waals surface area contributed by atoms with E-state index in [0.717, 1.165) is 16.8 Å². The maximum atomic E-state index is 13.3. The molecule has 18 heavy (non-hydrogen) atoms. The third-order valence-corrected chi connectivity index (χ3v) is 2.68. The summed E-state index contributed by atoms with van der Waals surface area (Å²) < 4.78 is 15.1. The standard InChI is InChI=1S/C14H16FN2.Ir/c1-14(2,3)12-9-10(15)5-6-11(12)13-7-8-17(4)16-13;/h5,7-9H,1-4H3;/q-1;. The van der Waals surface area contributed by atoms with E-state index in [1.54, 1.807) is 10.7 Å². The smallest absolute Gasteiger partial charge is 0.0382 e.